The van der Waals surface area contributed by atoms with Crippen molar-refractivity contribution in [3.63, 3.8) is 0 Å². The quantitative estimate of drug-likeness (QED) is 0.827. The van der Waals surface area contributed by atoms with Gasteiger partial charge in [0.15, 0.2) is 5.82 Å². The van der Waals surface area contributed by atoms with Crippen LogP contribution in [0.3, 0.4) is 0 Å². The Morgan fingerprint density at radius 2 is 2.22 bits per heavy atom. The number of hydrogen-bond acceptors (Lipinski definition) is 4. The van der Waals surface area contributed by atoms with E-state index in [-0.39, 0.29) is 12.5 Å². The number of carbonyl (C=O) groups is 1. The molecule has 1 aromatic carbocycles. The van der Waals surface area contributed by atoms with E-state index < -0.39 is 0 Å². The molecule has 6 heteroatoms. The van der Waals surface area contributed by atoms with Crippen molar-refractivity contribution in [2.45, 2.75) is 25.8 Å². The van der Waals surface area contributed by atoms with E-state index in [1.54, 1.807) is 0 Å². The van der Waals surface area contributed by atoms with Crippen molar-refractivity contribution in [1.82, 2.24) is 25.9 Å². The van der Waals surface area contributed by atoms with E-state index in [1.165, 1.54) is 17.5 Å². The van der Waals surface area contributed by atoms with Crippen LogP contribution in [0.5, 0.6) is 0 Å². The number of fused-ring (bicyclic) bond motifs is 1. The number of aromatic amines is 1. The normalized spacial score (nSPS) is 13.3. The van der Waals surface area contributed by atoms with E-state index in [0.29, 0.717) is 11.4 Å². The summed E-state index contributed by atoms with van der Waals surface area (Å²) in [7, 11) is 0. The molecule has 0 atom stereocenters. The number of benzene rings is 1. The summed E-state index contributed by atoms with van der Waals surface area (Å²) in [6, 6.07) is 5.90. The van der Waals surface area contributed by atoms with Gasteiger partial charge in [-0.25, -0.2) is 0 Å². The summed E-state index contributed by atoms with van der Waals surface area (Å²) in [5, 5.41) is 16.1. The summed E-state index contributed by atoms with van der Waals surface area (Å²) < 4.78 is 0. The lowest BCUT2D eigenvalue weighted by atomic mass is 10.1. The van der Waals surface area contributed by atoms with Crippen LogP contribution in [0.2, 0.25) is 0 Å². The van der Waals surface area contributed by atoms with E-state index in [9.17, 15) is 4.79 Å². The summed E-state index contributed by atoms with van der Waals surface area (Å²) in [6.07, 6.45) is 3.38. The minimum atomic E-state index is -0.102. The smallest absolute Gasteiger partial charge is 0.251 e. The number of carbonyl (C=O) groups excluding carboxylic acids is 1. The zero-order valence-corrected chi connectivity index (χ0v) is 9.81. The molecular weight excluding hydrogens is 230 g/mol. The third-order valence-corrected chi connectivity index (χ3v) is 3.16. The van der Waals surface area contributed by atoms with E-state index in [1.807, 2.05) is 18.2 Å². The highest BCUT2D eigenvalue weighted by Gasteiger charge is 2.14. The number of aromatic nitrogens is 4. The second kappa shape index (κ2) is 4.56. The van der Waals surface area contributed by atoms with Gasteiger partial charge in [-0.1, -0.05) is 11.3 Å². The number of aryl methyl sites for hydroxylation is 2. The Balaban J connectivity index is 1.69. The third kappa shape index (κ3) is 2.09. The van der Waals surface area contributed by atoms with Crippen molar-refractivity contribution < 1.29 is 4.79 Å². The highest BCUT2D eigenvalue weighted by Crippen LogP contribution is 2.22. The molecule has 0 saturated carbocycles. The van der Waals surface area contributed by atoms with Gasteiger partial charge in [-0.3, -0.25) is 4.79 Å². The maximum atomic E-state index is 11.9. The van der Waals surface area contributed by atoms with Gasteiger partial charge in [-0.15, -0.1) is 10.2 Å². The fourth-order valence-electron chi connectivity index (χ4n) is 2.23. The molecule has 6 nitrogen and oxygen atoms in total. The fourth-order valence-corrected chi connectivity index (χ4v) is 2.23. The van der Waals surface area contributed by atoms with Gasteiger partial charge in [-0.05, 0) is 42.5 Å². The Labute approximate surface area is 104 Å². The third-order valence-electron chi connectivity index (χ3n) is 3.16. The first-order valence-electron chi connectivity index (χ1n) is 5.95. The summed E-state index contributed by atoms with van der Waals surface area (Å²) in [5.41, 5.74) is 3.35. The van der Waals surface area contributed by atoms with Crippen LogP contribution in [-0.2, 0) is 19.4 Å². The topological polar surface area (TPSA) is 83.6 Å². The molecule has 1 amide bonds. The van der Waals surface area contributed by atoms with Crippen LogP contribution in [0.15, 0.2) is 18.2 Å². The van der Waals surface area contributed by atoms with Crippen molar-refractivity contribution in [3.8, 4) is 0 Å². The molecule has 0 spiro atoms. The second-order valence-electron chi connectivity index (χ2n) is 4.35. The molecule has 0 radical (unpaired) electrons. The first-order valence-corrected chi connectivity index (χ1v) is 5.95. The molecule has 0 bridgehead atoms. The Hall–Kier alpha value is -2.24. The van der Waals surface area contributed by atoms with Crippen LogP contribution in [-0.4, -0.2) is 26.5 Å². The second-order valence-corrected chi connectivity index (χ2v) is 4.35. The van der Waals surface area contributed by atoms with Crippen LogP contribution >= 0.6 is 0 Å². The molecule has 0 fully saturated rings. The largest absolute Gasteiger partial charge is 0.345 e. The highest BCUT2D eigenvalue weighted by atomic mass is 16.1. The molecule has 92 valence electrons. The molecule has 0 unspecified atom stereocenters. The number of nitrogens with one attached hydrogen (secondary N) is 2. The van der Waals surface area contributed by atoms with E-state index >= 15 is 0 Å². The summed E-state index contributed by atoms with van der Waals surface area (Å²) in [6.45, 7) is 0.284. The predicted octanol–water partition coefficient (Wildman–Crippen LogP) is 0.618. The molecule has 2 aromatic rings. The zero-order chi connectivity index (χ0) is 12.4. The number of hydrogen-bond donors (Lipinski definition) is 2. The summed E-state index contributed by atoms with van der Waals surface area (Å²) >= 11 is 0. The van der Waals surface area contributed by atoms with Crippen LogP contribution in [0.25, 0.3) is 0 Å². The average Bonchev–Trinajstić information content (AvgIpc) is 3.05. The summed E-state index contributed by atoms with van der Waals surface area (Å²) in [5.74, 6) is 0.374. The Bertz CT molecular complexity index is 564. The standard InChI is InChI=1S/C12H13N5O/c18-12(13-7-11-14-16-17-15-11)10-5-4-8-2-1-3-9(8)6-10/h4-6H,1-3,7H2,(H,13,18)(H,14,15,16,17). The van der Waals surface area contributed by atoms with E-state index in [4.69, 9.17) is 0 Å². The van der Waals surface area contributed by atoms with Crippen LogP contribution in [0.1, 0.15) is 33.7 Å². The van der Waals surface area contributed by atoms with Crippen molar-refractivity contribution in [2.75, 3.05) is 0 Å². The molecule has 18 heavy (non-hydrogen) atoms. The first kappa shape index (κ1) is 10.9. The molecule has 0 aliphatic heterocycles. The van der Waals surface area contributed by atoms with Gasteiger partial charge >= 0.3 is 0 Å². The van der Waals surface area contributed by atoms with Crippen molar-refractivity contribution in [2.24, 2.45) is 0 Å². The first-order chi connectivity index (χ1) is 8.83. The summed E-state index contributed by atoms with van der Waals surface area (Å²) in [4.78, 5) is 11.9. The van der Waals surface area contributed by atoms with E-state index in [2.05, 4.69) is 25.9 Å². The number of tetrazole rings is 1. The number of amides is 1. The number of nitrogens with zero attached hydrogens (tertiary/aromatic N) is 3. The zero-order valence-electron chi connectivity index (χ0n) is 9.81. The molecule has 2 N–H and O–H groups in total. The van der Waals surface area contributed by atoms with Crippen molar-refractivity contribution >= 4 is 5.91 Å². The molecular formula is C12H13N5O. The van der Waals surface area contributed by atoms with E-state index in [0.717, 1.165) is 12.8 Å². The fraction of sp³-hybridized carbons (Fsp3) is 0.333. The van der Waals surface area contributed by atoms with Crippen LogP contribution < -0.4 is 5.32 Å². The lowest BCUT2D eigenvalue weighted by Gasteiger charge is -2.05. The van der Waals surface area contributed by atoms with Crippen molar-refractivity contribution in [3.05, 3.63) is 40.7 Å². The van der Waals surface area contributed by atoms with Gasteiger partial charge in [-0.2, -0.15) is 5.21 Å². The molecule has 1 aliphatic carbocycles. The molecule has 1 heterocycles. The monoisotopic (exact) mass is 243 g/mol. The maximum absolute atomic E-state index is 11.9. The SMILES string of the molecule is O=C(NCc1nn[nH]n1)c1ccc2c(c1)CCC2. The van der Waals surface area contributed by atoms with Crippen molar-refractivity contribution in [1.29, 1.82) is 0 Å². The Morgan fingerprint density at radius 3 is 3.06 bits per heavy atom. The van der Waals surface area contributed by atoms with Gasteiger partial charge in [0, 0.05) is 5.56 Å². The molecule has 0 saturated heterocycles. The Kier molecular flexibility index (Phi) is 2.76. The average molecular weight is 243 g/mol. The predicted molar refractivity (Wildman–Crippen MR) is 63.8 cm³/mol. The number of rotatable bonds is 3. The Morgan fingerprint density at radius 1 is 1.33 bits per heavy atom. The van der Waals surface area contributed by atoms with Gasteiger partial charge in [0.05, 0.1) is 6.54 Å². The van der Waals surface area contributed by atoms with Gasteiger partial charge in [0.25, 0.3) is 5.91 Å². The lowest BCUT2D eigenvalue weighted by Crippen LogP contribution is -2.23. The van der Waals surface area contributed by atoms with Crippen LogP contribution in [0.4, 0.5) is 0 Å². The minimum Gasteiger partial charge on any atom is -0.345 e. The van der Waals surface area contributed by atoms with Gasteiger partial charge < -0.3 is 5.32 Å². The van der Waals surface area contributed by atoms with Crippen LogP contribution in [0, 0.1) is 0 Å². The van der Waals surface area contributed by atoms with Gasteiger partial charge in [0.1, 0.15) is 0 Å². The maximum Gasteiger partial charge on any atom is 0.251 e. The number of H-pyrrole nitrogens is 1. The molecule has 3 rings (SSSR count). The highest BCUT2D eigenvalue weighted by molar-refractivity contribution is 5.94. The lowest BCUT2D eigenvalue weighted by molar-refractivity contribution is 0.0950. The molecule has 1 aliphatic rings. The molecule has 1 aromatic heterocycles. The van der Waals surface area contributed by atoms with Gasteiger partial charge in [0.2, 0.25) is 0 Å². The minimum absolute atomic E-state index is 0.102.